The summed E-state index contributed by atoms with van der Waals surface area (Å²) in [5.74, 6) is -1.61. The lowest BCUT2D eigenvalue weighted by molar-refractivity contribution is -0.119. The normalized spacial score (nSPS) is 15.7. The molecule has 12 heteroatoms. The number of carbonyl (C=O) groups excluding carboxylic acids is 2. The number of amides is 2. The third-order valence-corrected chi connectivity index (χ3v) is 7.34. The number of benzene rings is 2. The first-order chi connectivity index (χ1) is 17.5. The summed E-state index contributed by atoms with van der Waals surface area (Å²) in [7, 11) is -2.43. The molecule has 1 atom stereocenters. The average molecular weight is 537 g/mol. The molecule has 0 radical (unpaired) electrons. The van der Waals surface area contributed by atoms with Crippen molar-refractivity contribution in [3.05, 3.63) is 59.9 Å². The molecule has 0 aliphatic carbocycles. The number of hydrogen-bond donors (Lipinski definition) is 3. The summed E-state index contributed by atoms with van der Waals surface area (Å²) >= 11 is 0. The molecule has 1 heterocycles. The summed E-state index contributed by atoms with van der Waals surface area (Å²) < 4.78 is 52.2. The van der Waals surface area contributed by atoms with E-state index in [-0.39, 0.29) is 17.1 Å². The molecule has 3 rings (SSSR count). The van der Waals surface area contributed by atoms with Gasteiger partial charge in [-0.2, -0.15) is 0 Å². The first kappa shape index (κ1) is 28.7. The van der Waals surface area contributed by atoms with Crippen LogP contribution < -0.4 is 15.4 Å². The van der Waals surface area contributed by atoms with Crippen LogP contribution in [0.3, 0.4) is 0 Å². The molecule has 3 N–H and O–H groups in total. The second kappa shape index (κ2) is 12.6. The molecule has 0 aromatic heterocycles. The average Bonchev–Trinajstić information content (AvgIpc) is 2.84. The molecule has 2 aromatic rings. The van der Waals surface area contributed by atoms with E-state index >= 15 is 0 Å². The highest BCUT2D eigenvalue weighted by atomic mass is 32.2. The molecule has 1 aliphatic rings. The van der Waals surface area contributed by atoms with Crippen molar-refractivity contribution < 1.29 is 31.9 Å². The van der Waals surface area contributed by atoms with Gasteiger partial charge < -0.3 is 20.1 Å². The Morgan fingerprint density at radius 2 is 1.70 bits per heavy atom. The minimum absolute atomic E-state index is 0.0543. The Labute approximate surface area is 216 Å². The minimum Gasteiger partial charge on any atom is -0.382 e. The number of methoxy groups -OCH3 is 1. The molecule has 0 saturated carbocycles. The Balaban J connectivity index is 1.61. The highest BCUT2D eigenvalue weighted by Gasteiger charge is 2.29. The van der Waals surface area contributed by atoms with Gasteiger partial charge in [-0.05, 0) is 62.4 Å². The third-order valence-electron chi connectivity index (χ3n) is 5.63. The number of halogens is 1. The van der Waals surface area contributed by atoms with Crippen LogP contribution in [0.25, 0.3) is 0 Å². The molecular formula is C25H33FN4O6S. The summed E-state index contributed by atoms with van der Waals surface area (Å²) in [5, 5.41) is 5.20. The van der Waals surface area contributed by atoms with Crippen molar-refractivity contribution in [3.8, 4) is 0 Å². The fraction of sp³-hybridized carbons (Fsp3) is 0.440. The van der Waals surface area contributed by atoms with E-state index in [4.69, 9.17) is 9.47 Å². The van der Waals surface area contributed by atoms with Gasteiger partial charge in [-0.25, -0.2) is 17.5 Å². The maximum absolute atomic E-state index is 13.1. The van der Waals surface area contributed by atoms with E-state index in [0.29, 0.717) is 25.4 Å². The molecule has 0 bridgehead atoms. The van der Waals surface area contributed by atoms with E-state index in [1.54, 1.807) is 0 Å². The van der Waals surface area contributed by atoms with Crippen LogP contribution in [0.1, 0.15) is 24.2 Å². The van der Waals surface area contributed by atoms with Crippen LogP contribution in [0.4, 0.5) is 10.1 Å². The van der Waals surface area contributed by atoms with Gasteiger partial charge in [0.1, 0.15) is 11.9 Å². The van der Waals surface area contributed by atoms with Crippen LogP contribution >= 0.6 is 0 Å². The van der Waals surface area contributed by atoms with Crippen LogP contribution in [0.15, 0.2) is 53.4 Å². The molecule has 1 fully saturated rings. The largest absolute Gasteiger partial charge is 0.382 e. The molecule has 0 unspecified atom stereocenters. The van der Waals surface area contributed by atoms with Crippen LogP contribution in [-0.4, -0.2) is 83.3 Å². The van der Waals surface area contributed by atoms with E-state index < -0.39 is 39.2 Å². The van der Waals surface area contributed by atoms with Gasteiger partial charge in [-0.15, -0.1) is 0 Å². The summed E-state index contributed by atoms with van der Waals surface area (Å²) in [6, 6.07) is 9.59. The summed E-state index contributed by atoms with van der Waals surface area (Å²) in [5.41, 5.74) is -0.179. The van der Waals surface area contributed by atoms with E-state index in [1.807, 2.05) is 13.8 Å². The molecule has 1 aliphatic heterocycles. The number of hydrogen-bond acceptors (Lipinski definition) is 7. The molecule has 2 aromatic carbocycles. The molecule has 2 amide bonds. The van der Waals surface area contributed by atoms with Crippen molar-refractivity contribution in [2.75, 3.05) is 51.9 Å². The van der Waals surface area contributed by atoms with E-state index in [9.17, 15) is 22.4 Å². The number of ether oxygens (including phenoxy) is 2. The summed E-state index contributed by atoms with van der Waals surface area (Å²) in [4.78, 5) is 27.4. The SMILES string of the molecule is COC[C@H](NC(=O)c1ccc(F)cc1)C(=O)Nc1ccc(S(=O)(=O)NC(C)(C)CN2CCOCC2)cc1. The van der Waals surface area contributed by atoms with Crippen molar-refractivity contribution >= 4 is 27.5 Å². The lowest BCUT2D eigenvalue weighted by atomic mass is 10.1. The number of carbonyl (C=O) groups is 2. The monoisotopic (exact) mass is 536 g/mol. The number of morpholine rings is 1. The van der Waals surface area contributed by atoms with Crippen LogP contribution in [0.2, 0.25) is 0 Å². The van der Waals surface area contributed by atoms with Gasteiger partial charge in [-0.3, -0.25) is 14.5 Å². The number of rotatable bonds is 11. The van der Waals surface area contributed by atoms with Crippen molar-refractivity contribution in [1.82, 2.24) is 14.9 Å². The minimum atomic E-state index is -3.81. The van der Waals surface area contributed by atoms with Crippen molar-refractivity contribution in [3.63, 3.8) is 0 Å². The predicted octanol–water partition coefficient (Wildman–Crippen LogP) is 1.60. The van der Waals surface area contributed by atoms with Crippen molar-refractivity contribution in [1.29, 1.82) is 0 Å². The predicted molar refractivity (Wildman–Crippen MR) is 136 cm³/mol. The van der Waals surface area contributed by atoms with Crippen LogP contribution in [0.5, 0.6) is 0 Å². The second-order valence-electron chi connectivity index (χ2n) is 9.38. The van der Waals surface area contributed by atoms with Crippen molar-refractivity contribution in [2.24, 2.45) is 0 Å². The zero-order valence-corrected chi connectivity index (χ0v) is 21.9. The summed E-state index contributed by atoms with van der Waals surface area (Å²) in [6.07, 6.45) is 0. The highest BCUT2D eigenvalue weighted by Crippen LogP contribution is 2.18. The van der Waals surface area contributed by atoms with Crippen LogP contribution in [-0.2, 0) is 24.3 Å². The Morgan fingerprint density at radius 1 is 1.08 bits per heavy atom. The Morgan fingerprint density at radius 3 is 2.30 bits per heavy atom. The maximum Gasteiger partial charge on any atom is 0.251 e. The zero-order chi connectivity index (χ0) is 27.1. The molecular weight excluding hydrogens is 503 g/mol. The molecule has 1 saturated heterocycles. The summed E-state index contributed by atoms with van der Waals surface area (Å²) in [6.45, 7) is 6.81. The Bertz CT molecular complexity index is 1170. The van der Waals surface area contributed by atoms with E-state index in [2.05, 4.69) is 20.3 Å². The standard InChI is InChI=1S/C25H33FN4O6S/c1-25(2,17-30-12-14-36-15-13-30)29-37(33,34)21-10-8-20(9-11-21)27-24(32)22(16-35-3)28-23(31)18-4-6-19(26)7-5-18/h4-11,22,29H,12-17H2,1-3H3,(H,27,32)(H,28,31)/t22-/m0/s1. The lowest BCUT2D eigenvalue weighted by Gasteiger charge is -2.35. The third kappa shape index (κ3) is 8.58. The number of nitrogens with one attached hydrogen (secondary N) is 3. The van der Waals surface area contributed by atoms with Crippen molar-refractivity contribution in [2.45, 2.75) is 30.3 Å². The van der Waals surface area contributed by atoms with Gasteiger partial charge in [0.25, 0.3) is 5.91 Å². The molecule has 37 heavy (non-hydrogen) atoms. The smallest absolute Gasteiger partial charge is 0.251 e. The fourth-order valence-electron chi connectivity index (χ4n) is 3.91. The van der Waals surface area contributed by atoms with Crippen LogP contribution in [0, 0.1) is 5.82 Å². The highest BCUT2D eigenvalue weighted by molar-refractivity contribution is 7.89. The second-order valence-corrected chi connectivity index (χ2v) is 11.1. The zero-order valence-electron chi connectivity index (χ0n) is 21.1. The molecule has 10 nitrogen and oxygen atoms in total. The number of nitrogens with zero attached hydrogens (tertiary/aromatic N) is 1. The number of anilines is 1. The van der Waals surface area contributed by atoms with Gasteiger partial charge in [0.15, 0.2) is 0 Å². The first-order valence-electron chi connectivity index (χ1n) is 11.8. The van der Waals surface area contributed by atoms with Gasteiger partial charge in [0, 0.05) is 43.5 Å². The van der Waals surface area contributed by atoms with Gasteiger partial charge in [-0.1, -0.05) is 0 Å². The molecule has 0 spiro atoms. The number of sulfonamides is 1. The maximum atomic E-state index is 13.1. The fourth-order valence-corrected chi connectivity index (χ4v) is 5.32. The quantitative estimate of drug-likeness (QED) is 0.398. The first-order valence-corrected chi connectivity index (χ1v) is 13.3. The van der Waals surface area contributed by atoms with E-state index in [0.717, 1.165) is 25.2 Å². The topological polar surface area (TPSA) is 126 Å². The van der Waals surface area contributed by atoms with Gasteiger partial charge in [0.05, 0.1) is 24.7 Å². The lowest BCUT2D eigenvalue weighted by Crippen LogP contribution is -2.53. The molecule has 202 valence electrons. The Hall–Kier alpha value is -2.90. The Kier molecular flexibility index (Phi) is 9.74. The van der Waals surface area contributed by atoms with E-state index in [1.165, 1.54) is 43.5 Å². The van der Waals surface area contributed by atoms with Gasteiger partial charge in [0.2, 0.25) is 15.9 Å². The van der Waals surface area contributed by atoms with Gasteiger partial charge >= 0.3 is 0 Å².